The third kappa shape index (κ3) is 5.57. The fraction of sp³-hybridized carbons (Fsp3) is 0.875. The fourth-order valence-electron chi connectivity index (χ4n) is 2.34. The van der Waals surface area contributed by atoms with Crippen molar-refractivity contribution in [2.75, 3.05) is 39.4 Å². The van der Waals surface area contributed by atoms with Crippen LogP contribution in [0.2, 0.25) is 0 Å². The first kappa shape index (κ1) is 18.9. The molecule has 0 aliphatic carbocycles. The summed E-state index contributed by atoms with van der Waals surface area (Å²) < 4.78 is 5.39. The lowest BCUT2D eigenvalue weighted by Crippen LogP contribution is -2.57. The van der Waals surface area contributed by atoms with Gasteiger partial charge in [0.1, 0.15) is 0 Å². The SMILES string of the molecule is CC[C@](C)(CNC(=O)CNC(=O)C(C)(C)C)N1CCOCC1. The number of carbonyl (C=O) groups is 2. The summed E-state index contributed by atoms with van der Waals surface area (Å²) in [7, 11) is 0. The van der Waals surface area contributed by atoms with Crippen molar-refractivity contribution in [3.63, 3.8) is 0 Å². The third-order valence-electron chi connectivity index (χ3n) is 4.29. The number of carbonyl (C=O) groups excluding carboxylic acids is 2. The van der Waals surface area contributed by atoms with E-state index in [9.17, 15) is 9.59 Å². The van der Waals surface area contributed by atoms with E-state index < -0.39 is 5.41 Å². The van der Waals surface area contributed by atoms with Gasteiger partial charge in [-0.15, -0.1) is 0 Å². The Morgan fingerprint density at radius 2 is 1.68 bits per heavy atom. The summed E-state index contributed by atoms with van der Waals surface area (Å²) in [4.78, 5) is 26.1. The van der Waals surface area contributed by atoms with Gasteiger partial charge in [-0.05, 0) is 13.3 Å². The maximum absolute atomic E-state index is 12.0. The number of nitrogens with zero attached hydrogens (tertiary/aromatic N) is 1. The monoisotopic (exact) mass is 313 g/mol. The lowest BCUT2D eigenvalue weighted by atomic mass is 9.95. The van der Waals surface area contributed by atoms with Gasteiger partial charge in [-0.25, -0.2) is 0 Å². The second-order valence-corrected chi connectivity index (χ2v) is 7.16. The molecule has 1 aliphatic heterocycles. The molecule has 0 spiro atoms. The molecule has 1 rings (SSSR count). The van der Waals surface area contributed by atoms with Crippen molar-refractivity contribution < 1.29 is 14.3 Å². The quantitative estimate of drug-likeness (QED) is 0.760. The molecule has 0 radical (unpaired) electrons. The predicted molar refractivity (Wildman–Crippen MR) is 86.6 cm³/mol. The molecule has 0 aromatic carbocycles. The average Bonchev–Trinajstić information content (AvgIpc) is 2.50. The van der Waals surface area contributed by atoms with Crippen molar-refractivity contribution in [3.05, 3.63) is 0 Å². The van der Waals surface area contributed by atoms with E-state index in [2.05, 4.69) is 29.4 Å². The van der Waals surface area contributed by atoms with Crippen LogP contribution in [0.4, 0.5) is 0 Å². The Balaban J connectivity index is 2.42. The van der Waals surface area contributed by atoms with E-state index in [1.54, 1.807) is 0 Å². The minimum absolute atomic E-state index is 0.0268. The van der Waals surface area contributed by atoms with E-state index in [-0.39, 0.29) is 23.9 Å². The Morgan fingerprint density at radius 1 is 1.09 bits per heavy atom. The molecular weight excluding hydrogens is 282 g/mol. The lowest BCUT2D eigenvalue weighted by molar-refractivity contribution is -0.131. The number of amides is 2. The van der Waals surface area contributed by atoms with Crippen LogP contribution in [0.5, 0.6) is 0 Å². The predicted octanol–water partition coefficient (Wildman–Crippen LogP) is 0.766. The first-order valence-electron chi connectivity index (χ1n) is 8.07. The molecule has 2 N–H and O–H groups in total. The van der Waals surface area contributed by atoms with Crippen molar-refractivity contribution in [1.82, 2.24) is 15.5 Å². The number of nitrogens with one attached hydrogen (secondary N) is 2. The van der Waals surface area contributed by atoms with Crippen molar-refractivity contribution in [3.8, 4) is 0 Å². The molecule has 0 aromatic rings. The molecule has 6 nitrogen and oxygen atoms in total. The lowest BCUT2D eigenvalue weighted by Gasteiger charge is -2.43. The van der Waals surface area contributed by atoms with Crippen molar-refractivity contribution >= 4 is 11.8 Å². The zero-order valence-corrected chi connectivity index (χ0v) is 14.6. The number of rotatable bonds is 6. The minimum atomic E-state index is -0.480. The van der Waals surface area contributed by atoms with Crippen LogP contribution < -0.4 is 10.6 Å². The van der Waals surface area contributed by atoms with Crippen LogP contribution in [0.25, 0.3) is 0 Å². The van der Waals surface area contributed by atoms with Crippen LogP contribution in [0.1, 0.15) is 41.0 Å². The first-order chi connectivity index (χ1) is 10.2. The summed E-state index contributed by atoms with van der Waals surface area (Å²) in [6, 6.07) is 0. The molecule has 0 aromatic heterocycles. The zero-order valence-electron chi connectivity index (χ0n) is 14.6. The van der Waals surface area contributed by atoms with Crippen LogP contribution in [-0.2, 0) is 14.3 Å². The van der Waals surface area contributed by atoms with Gasteiger partial charge in [0.15, 0.2) is 0 Å². The molecule has 1 aliphatic rings. The summed E-state index contributed by atoms with van der Waals surface area (Å²) in [5.41, 5.74) is -0.556. The Hall–Kier alpha value is -1.14. The van der Waals surface area contributed by atoms with E-state index in [0.29, 0.717) is 6.54 Å². The summed E-state index contributed by atoms with van der Waals surface area (Å²) in [5, 5.41) is 5.61. The van der Waals surface area contributed by atoms with Crippen molar-refractivity contribution in [1.29, 1.82) is 0 Å². The molecular formula is C16H31N3O3. The minimum Gasteiger partial charge on any atom is -0.379 e. The van der Waals surface area contributed by atoms with Crippen molar-refractivity contribution in [2.24, 2.45) is 5.41 Å². The van der Waals surface area contributed by atoms with E-state index >= 15 is 0 Å². The van der Waals surface area contributed by atoms with E-state index in [1.807, 2.05) is 20.8 Å². The van der Waals surface area contributed by atoms with Gasteiger partial charge in [0.2, 0.25) is 11.8 Å². The second-order valence-electron chi connectivity index (χ2n) is 7.16. The summed E-state index contributed by atoms with van der Waals surface area (Å²) >= 11 is 0. The maximum atomic E-state index is 12.0. The van der Waals surface area contributed by atoms with E-state index in [1.165, 1.54) is 0 Å². The van der Waals surface area contributed by atoms with Gasteiger partial charge < -0.3 is 15.4 Å². The van der Waals surface area contributed by atoms with Crippen LogP contribution in [0, 0.1) is 5.41 Å². The molecule has 1 heterocycles. The van der Waals surface area contributed by atoms with Gasteiger partial charge in [0.25, 0.3) is 0 Å². The first-order valence-corrected chi connectivity index (χ1v) is 8.07. The largest absolute Gasteiger partial charge is 0.379 e. The van der Waals surface area contributed by atoms with Crippen LogP contribution in [0.3, 0.4) is 0 Å². The summed E-state index contributed by atoms with van der Waals surface area (Å²) in [6.07, 6.45) is 0.946. The Morgan fingerprint density at radius 3 is 2.18 bits per heavy atom. The number of hydrogen-bond acceptors (Lipinski definition) is 4. The highest BCUT2D eigenvalue weighted by molar-refractivity contribution is 5.87. The number of morpholine rings is 1. The molecule has 0 bridgehead atoms. The highest BCUT2D eigenvalue weighted by atomic mass is 16.5. The molecule has 22 heavy (non-hydrogen) atoms. The Bertz CT molecular complexity index is 387. The average molecular weight is 313 g/mol. The van der Waals surface area contributed by atoms with Gasteiger partial charge in [-0.2, -0.15) is 0 Å². The third-order valence-corrected chi connectivity index (χ3v) is 4.29. The number of hydrogen-bond donors (Lipinski definition) is 2. The topological polar surface area (TPSA) is 70.7 Å². The Kier molecular flexibility index (Phi) is 6.81. The highest BCUT2D eigenvalue weighted by Gasteiger charge is 2.31. The number of ether oxygens (including phenoxy) is 1. The van der Waals surface area contributed by atoms with Crippen LogP contribution in [-0.4, -0.2) is 61.6 Å². The van der Waals surface area contributed by atoms with Crippen LogP contribution >= 0.6 is 0 Å². The molecule has 0 saturated carbocycles. The van der Waals surface area contributed by atoms with Crippen LogP contribution in [0.15, 0.2) is 0 Å². The second kappa shape index (κ2) is 7.92. The molecule has 1 saturated heterocycles. The Labute approximate surface area is 134 Å². The standard InChI is InChI=1S/C16H31N3O3/c1-6-16(5,19-7-9-22-10-8-19)12-18-13(20)11-17-14(21)15(2,3)4/h6-12H2,1-5H3,(H,17,21)(H,18,20)/t16-/m1/s1. The van der Waals surface area contributed by atoms with Gasteiger partial charge in [-0.3, -0.25) is 14.5 Å². The van der Waals surface area contributed by atoms with Gasteiger partial charge in [0.05, 0.1) is 19.8 Å². The molecule has 6 heteroatoms. The molecule has 0 unspecified atom stereocenters. The highest BCUT2D eigenvalue weighted by Crippen LogP contribution is 2.19. The normalized spacial score (nSPS) is 19.3. The summed E-state index contributed by atoms with van der Waals surface area (Å²) in [5.74, 6) is -0.264. The van der Waals surface area contributed by atoms with Gasteiger partial charge in [0, 0.05) is 30.6 Å². The summed E-state index contributed by atoms with van der Waals surface area (Å²) in [6.45, 7) is 13.6. The zero-order chi connectivity index (χ0) is 16.8. The molecule has 1 fully saturated rings. The van der Waals surface area contributed by atoms with Gasteiger partial charge in [-0.1, -0.05) is 27.7 Å². The van der Waals surface area contributed by atoms with E-state index in [4.69, 9.17) is 4.74 Å². The van der Waals surface area contributed by atoms with E-state index in [0.717, 1.165) is 32.7 Å². The van der Waals surface area contributed by atoms with Crippen molar-refractivity contribution in [2.45, 2.75) is 46.6 Å². The maximum Gasteiger partial charge on any atom is 0.239 e. The fourth-order valence-corrected chi connectivity index (χ4v) is 2.34. The smallest absolute Gasteiger partial charge is 0.239 e. The molecule has 1 atom stereocenters. The molecule has 128 valence electrons. The van der Waals surface area contributed by atoms with Gasteiger partial charge >= 0.3 is 0 Å². The molecule has 2 amide bonds.